The quantitative estimate of drug-likeness (QED) is 0.824. The standard InChI is InChI=1S/C18H36N2/c1-5-19-18-7-6-15(4)12-17(18)13-20-10-8-16(9-11-20)14(2)3/h14-19H,5-13H2,1-4H3. The molecule has 0 aromatic heterocycles. The largest absolute Gasteiger partial charge is 0.314 e. The molecule has 20 heavy (non-hydrogen) atoms. The van der Waals surface area contributed by atoms with E-state index in [9.17, 15) is 0 Å². The van der Waals surface area contributed by atoms with Crippen LogP contribution in [-0.4, -0.2) is 37.1 Å². The van der Waals surface area contributed by atoms with Crippen molar-refractivity contribution in [3.63, 3.8) is 0 Å². The fraction of sp³-hybridized carbons (Fsp3) is 1.00. The Hall–Kier alpha value is -0.0800. The van der Waals surface area contributed by atoms with Crippen molar-refractivity contribution in [1.82, 2.24) is 10.2 Å². The van der Waals surface area contributed by atoms with Crippen LogP contribution in [0.4, 0.5) is 0 Å². The SMILES string of the molecule is CCNC1CCC(C)CC1CN1CCC(C(C)C)CC1. The van der Waals surface area contributed by atoms with Gasteiger partial charge in [0.05, 0.1) is 0 Å². The number of hydrogen-bond acceptors (Lipinski definition) is 2. The van der Waals surface area contributed by atoms with E-state index >= 15 is 0 Å². The van der Waals surface area contributed by atoms with Crippen molar-refractivity contribution >= 4 is 0 Å². The van der Waals surface area contributed by atoms with E-state index in [1.807, 2.05) is 0 Å². The van der Waals surface area contributed by atoms with Crippen LogP contribution in [0.2, 0.25) is 0 Å². The van der Waals surface area contributed by atoms with Gasteiger partial charge in [-0.05, 0) is 75.4 Å². The van der Waals surface area contributed by atoms with Crippen LogP contribution >= 0.6 is 0 Å². The molecule has 3 atom stereocenters. The van der Waals surface area contributed by atoms with Crippen LogP contribution < -0.4 is 5.32 Å². The van der Waals surface area contributed by atoms with Gasteiger partial charge in [-0.3, -0.25) is 0 Å². The Bertz CT molecular complexity index is 269. The highest BCUT2D eigenvalue weighted by molar-refractivity contribution is 4.86. The first-order valence-corrected chi connectivity index (χ1v) is 9.05. The van der Waals surface area contributed by atoms with Gasteiger partial charge in [-0.15, -0.1) is 0 Å². The average Bonchev–Trinajstić information content (AvgIpc) is 2.42. The van der Waals surface area contributed by atoms with Gasteiger partial charge in [0.25, 0.3) is 0 Å². The molecule has 0 bridgehead atoms. The normalized spacial score (nSPS) is 33.8. The van der Waals surface area contributed by atoms with Gasteiger partial charge in [-0.1, -0.05) is 27.7 Å². The molecule has 0 spiro atoms. The van der Waals surface area contributed by atoms with E-state index in [1.165, 1.54) is 51.7 Å². The van der Waals surface area contributed by atoms with E-state index in [-0.39, 0.29) is 0 Å². The monoisotopic (exact) mass is 280 g/mol. The Labute approximate surface area is 126 Å². The van der Waals surface area contributed by atoms with Crippen LogP contribution in [0.3, 0.4) is 0 Å². The van der Waals surface area contributed by atoms with Gasteiger partial charge in [-0.25, -0.2) is 0 Å². The molecule has 0 amide bonds. The Balaban J connectivity index is 1.81. The molecule has 0 radical (unpaired) electrons. The van der Waals surface area contributed by atoms with E-state index in [1.54, 1.807) is 0 Å². The zero-order valence-corrected chi connectivity index (χ0v) is 14.2. The molecule has 2 fully saturated rings. The van der Waals surface area contributed by atoms with Crippen molar-refractivity contribution in [3.05, 3.63) is 0 Å². The van der Waals surface area contributed by atoms with Crippen LogP contribution in [0.5, 0.6) is 0 Å². The highest BCUT2D eigenvalue weighted by Gasteiger charge is 2.31. The molecule has 2 rings (SSSR count). The molecule has 1 saturated heterocycles. The lowest BCUT2D eigenvalue weighted by Gasteiger charge is -2.41. The van der Waals surface area contributed by atoms with Gasteiger partial charge >= 0.3 is 0 Å². The maximum absolute atomic E-state index is 3.75. The Morgan fingerprint density at radius 2 is 1.80 bits per heavy atom. The maximum atomic E-state index is 3.75. The van der Waals surface area contributed by atoms with Crippen molar-refractivity contribution in [3.8, 4) is 0 Å². The third kappa shape index (κ3) is 4.46. The molecule has 0 aromatic carbocycles. The van der Waals surface area contributed by atoms with E-state index < -0.39 is 0 Å². The van der Waals surface area contributed by atoms with Crippen LogP contribution in [0.25, 0.3) is 0 Å². The summed E-state index contributed by atoms with van der Waals surface area (Å²) in [6.07, 6.45) is 7.09. The lowest BCUT2D eigenvalue weighted by molar-refractivity contribution is 0.104. The van der Waals surface area contributed by atoms with E-state index in [0.29, 0.717) is 0 Å². The van der Waals surface area contributed by atoms with Crippen molar-refractivity contribution < 1.29 is 0 Å². The molecule has 1 aliphatic carbocycles. The lowest BCUT2D eigenvalue weighted by Crippen LogP contribution is -2.47. The second kappa shape index (κ2) is 7.79. The van der Waals surface area contributed by atoms with Gasteiger partial charge in [0, 0.05) is 12.6 Å². The lowest BCUT2D eigenvalue weighted by atomic mass is 9.78. The van der Waals surface area contributed by atoms with Crippen LogP contribution in [0.1, 0.15) is 59.8 Å². The summed E-state index contributed by atoms with van der Waals surface area (Å²) in [7, 11) is 0. The molecule has 1 saturated carbocycles. The van der Waals surface area contributed by atoms with Crippen LogP contribution in [0.15, 0.2) is 0 Å². The highest BCUT2D eigenvalue weighted by atomic mass is 15.1. The van der Waals surface area contributed by atoms with Crippen molar-refractivity contribution in [1.29, 1.82) is 0 Å². The number of hydrogen-bond donors (Lipinski definition) is 1. The summed E-state index contributed by atoms with van der Waals surface area (Å²) in [4.78, 5) is 2.76. The number of piperidine rings is 1. The first kappa shape index (κ1) is 16.3. The van der Waals surface area contributed by atoms with Crippen molar-refractivity contribution in [2.75, 3.05) is 26.2 Å². The molecule has 2 aliphatic rings. The van der Waals surface area contributed by atoms with Crippen molar-refractivity contribution in [2.45, 2.75) is 65.8 Å². The van der Waals surface area contributed by atoms with Gasteiger partial charge in [0.2, 0.25) is 0 Å². The zero-order valence-electron chi connectivity index (χ0n) is 14.2. The molecule has 118 valence electrons. The highest BCUT2D eigenvalue weighted by Crippen LogP contribution is 2.31. The number of likely N-dealkylation sites (tertiary alicyclic amines) is 1. The first-order chi connectivity index (χ1) is 9.60. The number of nitrogens with zero attached hydrogens (tertiary/aromatic N) is 1. The zero-order chi connectivity index (χ0) is 14.5. The second-order valence-corrected chi connectivity index (χ2v) is 7.72. The van der Waals surface area contributed by atoms with Gasteiger partial charge in [0.1, 0.15) is 0 Å². The fourth-order valence-electron chi connectivity index (χ4n) is 4.37. The van der Waals surface area contributed by atoms with E-state index in [2.05, 4.69) is 37.9 Å². The number of nitrogens with one attached hydrogen (secondary N) is 1. The molecule has 0 aromatic rings. The summed E-state index contributed by atoms with van der Waals surface area (Å²) in [6.45, 7) is 14.6. The maximum Gasteiger partial charge on any atom is 0.0108 e. The molecule has 1 N–H and O–H groups in total. The summed E-state index contributed by atoms with van der Waals surface area (Å²) in [5.74, 6) is 3.67. The van der Waals surface area contributed by atoms with Gasteiger partial charge in [0.15, 0.2) is 0 Å². The number of rotatable bonds is 5. The minimum Gasteiger partial charge on any atom is -0.314 e. The topological polar surface area (TPSA) is 15.3 Å². The summed E-state index contributed by atoms with van der Waals surface area (Å²) in [5.41, 5.74) is 0. The summed E-state index contributed by atoms with van der Waals surface area (Å²) in [6, 6.07) is 0.777. The molecular formula is C18H36N2. The third-order valence-corrected chi connectivity index (χ3v) is 5.78. The third-order valence-electron chi connectivity index (χ3n) is 5.78. The second-order valence-electron chi connectivity index (χ2n) is 7.72. The minimum absolute atomic E-state index is 0.777. The molecule has 2 heteroatoms. The summed E-state index contributed by atoms with van der Waals surface area (Å²) in [5, 5.41) is 3.75. The van der Waals surface area contributed by atoms with Gasteiger partial charge < -0.3 is 10.2 Å². The minimum atomic E-state index is 0.777. The molecule has 3 unspecified atom stereocenters. The van der Waals surface area contributed by atoms with Crippen molar-refractivity contribution in [2.24, 2.45) is 23.7 Å². The van der Waals surface area contributed by atoms with E-state index in [0.717, 1.165) is 36.3 Å². The van der Waals surface area contributed by atoms with Gasteiger partial charge in [-0.2, -0.15) is 0 Å². The predicted molar refractivity (Wildman–Crippen MR) is 88.0 cm³/mol. The van der Waals surface area contributed by atoms with Crippen LogP contribution in [-0.2, 0) is 0 Å². The molecule has 1 aliphatic heterocycles. The Kier molecular flexibility index (Phi) is 6.35. The first-order valence-electron chi connectivity index (χ1n) is 9.05. The smallest absolute Gasteiger partial charge is 0.0108 e. The molecule has 1 heterocycles. The predicted octanol–water partition coefficient (Wildman–Crippen LogP) is 3.77. The van der Waals surface area contributed by atoms with E-state index in [4.69, 9.17) is 0 Å². The summed E-state index contributed by atoms with van der Waals surface area (Å²) >= 11 is 0. The summed E-state index contributed by atoms with van der Waals surface area (Å²) < 4.78 is 0. The Morgan fingerprint density at radius 3 is 2.40 bits per heavy atom. The molecular weight excluding hydrogens is 244 g/mol. The molecule has 2 nitrogen and oxygen atoms in total. The fourth-order valence-corrected chi connectivity index (χ4v) is 4.37. The Morgan fingerprint density at radius 1 is 1.10 bits per heavy atom. The average molecular weight is 281 g/mol. The van der Waals surface area contributed by atoms with Crippen LogP contribution in [0, 0.1) is 23.7 Å².